The van der Waals surface area contributed by atoms with E-state index in [4.69, 9.17) is 16.6 Å². The molecule has 0 aliphatic heterocycles. The van der Waals surface area contributed by atoms with E-state index in [-0.39, 0.29) is 11.8 Å². The number of unbranched alkanes of at least 4 members (excludes halogenated alkanes) is 1. The molecule has 0 fully saturated rings. The fourth-order valence-electron chi connectivity index (χ4n) is 2.87. The number of anilines is 1. The van der Waals surface area contributed by atoms with E-state index in [1.807, 2.05) is 25.1 Å². The van der Waals surface area contributed by atoms with Gasteiger partial charge in [-0.3, -0.25) is 0 Å². The van der Waals surface area contributed by atoms with Crippen LogP contribution in [0, 0.1) is 0 Å². The molecule has 0 spiro atoms. The molecule has 0 bridgehead atoms. The Labute approximate surface area is 147 Å². The Balaban J connectivity index is 1.95. The van der Waals surface area contributed by atoms with Gasteiger partial charge in [0, 0.05) is 17.1 Å². The predicted octanol–water partition coefficient (Wildman–Crippen LogP) is 5.37. The molecule has 1 aromatic heterocycles. The lowest BCUT2D eigenvalue weighted by molar-refractivity contribution is 0.465. The van der Waals surface area contributed by atoms with Gasteiger partial charge in [0.15, 0.2) is 0 Å². The van der Waals surface area contributed by atoms with Crippen LogP contribution in [0.2, 0.25) is 5.02 Å². The van der Waals surface area contributed by atoms with Crippen LogP contribution in [0.5, 0.6) is 5.75 Å². The summed E-state index contributed by atoms with van der Waals surface area (Å²) in [5.74, 6) is 1.05. The second-order valence-electron chi connectivity index (χ2n) is 6.00. The lowest BCUT2D eigenvalue weighted by atomic mass is 10.1. The number of aromatic hydroxyl groups is 1. The fourth-order valence-corrected chi connectivity index (χ4v) is 3.05. The Morgan fingerprint density at radius 3 is 2.83 bits per heavy atom. The van der Waals surface area contributed by atoms with Crippen LogP contribution in [0.4, 0.5) is 5.95 Å². The number of para-hydroxylation sites is 2. The zero-order chi connectivity index (χ0) is 17.1. The highest BCUT2D eigenvalue weighted by atomic mass is 35.5. The number of nitrogens with one attached hydrogen (secondary N) is 1. The molecule has 5 heteroatoms. The number of nitrogens with zero attached hydrogens (tertiary/aromatic N) is 2. The van der Waals surface area contributed by atoms with Crippen molar-refractivity contribution in [3.63, 3.8) is 0 Å². The minimum atomic E-state index is -0.110. The number of imidazole rings is 1. The Kier molecular flexibility index (Phi) is 4.95. The van der Waals surface area contributed by atoms with E-state index < -0.39 is 0 Å². The van der Waals surface area contributed by atoms with Crippen molar-refractivity contribution in [2.45, 2.75) is 39.3 Å². The summed E-state index contributed by atoms with van der Waals surface area (Å²) in [4.78, 5) is 4.72. The summed E-state index contributed by atoms with van der Waals surface area (Å²) in [7, 11) is 0. The van der Waals surface area contributed by atoms with Gasteiger partial charge in [0.2, 0.25) is 5.95 Å². The van der Waals surface area contributed by atoms with Crippen LogP contribution in [-0.4, -0.2) is 14.7 Å². The Morgan fingerprint density at radius 2 is 2.04 bits per heavy atom. The number of phenolic OH excluding ortho intramolecular Hbond substituents is 1. The number of halogens is 1. The molecule has 24 heavy (non-hydrogen) atoms. The van der Waals surface area contributed by atoms with Crippen molar-refractivity contribution in [3.8, 4) is 5.75 Å². The summed E-state index contributed by atoms with van der Waals surface area (Å²) >= 11 is 6.07. The van der Waals surface area contributed by atoms with Gasteiger partial charge in [0.05, 0.1) is 17.1 Å². The first-order valence-corrected chi connectivity index (χ1v) is 8.68. The van der Waals surface area contributed by atoms with Crippen LogP contribution in [0.1, 0.15) is 38.3 Å². The topological polar surface area (TPSA) is 50.1 Å². The number of phenols is 1. The zero-order valence-electron chi connectivity index (χ0n) is 14.0. The molecule has 0 radical (unpaired) electrons. The van der Waals surface area contributed by atoms with Crippen molar-refractivity contribution in [1.82, 2.24) is 9.55 Å². The van der Waals surface area contributed by atoms with Gasteiger partial charge >= 0.3 is 0 Å². The lowest BCUT2D eigenvalue weighted by Gasteiger charge is -2.18. The SMILES string of the molecule is CCCCn1c(NC(C)c2cc(Cl)ccc2O)nc2ccccc21. The third kappa shape index (κ3) is 3.34. The van der Waals surface area contributed by atoms with E-state index in [0.29, 0.717) is 5.02 Å². The zero-order valence-corrected chi connectivity index (χ0v) is 14.7. The van der Waals surface area contributed by atoms with Crippen molar-refractivity contribution >= 4 is 28.6 Å². The smallest absolute Gasteiger partial charge is 0.204 e. The first-order chi connectivity index (χ1) is 11.6. The molecule has 3 rings (SSSR count). The molecule has 0 saturated heterocycles. The van der Waals surface area contributed by atoms with Gasteiger partial charge in [-0.1, -0.05) is 37.1 Å². The predicted molar refractivity (Wildman–Crippen MR) is 99.8 cm³/mol. The third-order valence-electron chi connectivity index (χ3n) is 4.19. The van der Waals surface area contributed by atoms with Crippen LogP contribution >= 0.6 is 11.6 Å². The number of aromatic nitrogens is 2. The highest BCUT2D eigenvalue weighted by molar-refractivity contribution is 6.30. The van der Waals surface area contributed by atoms with E-state index in [1.165, 1.54) is 0 Å². The van der Waals surface area contributed by atoms with Crippen LogP contribution in [0.25, 0.3) is 11.0 Å². The second-order valence-corrected chi connectivity index (χ2v) is 6.43. The van der Waals surface area contributed by atoms with Crippen LogP contribution in [0.15, 0.2) is 42.5 Å². The Bertz CT molecular complexity index is 844. The van der Waals surface area contributed by atoms with Crippen molar-refractivity contribution in [2.75, 3.05) is 5.32 Å². The molecule has 2 aromatic carbocycles. The maximum atomic E-state index is 10.1. The van der Waals surface area contributed by atoms with Gasteiger partial charge < -0.3 is 15.0 Å². The van der Waals surface area contributed by atoms with E-state index in [1.54, 1.807) is 18.2 Å². The first kappa shape index (κ1) is 16.7. The maximum absolute atomic E-state index is 10.1. The molecule has 0 amide bonds. The molecule has 0 aliphatic carbocycles. The maximum Gasteiger partial charge on any atom is 0.204 e. The minimum absolute atomic E-state index is 0.110. The molecule has 1 atom stereocenters. The molecule has 3 aromatic rings. The first-order valence-electron chi connectivity index (χ1n) is 8.30. The number of fused-ring (bicyclic) bond motifs is 1. The Hall–Kier alpha value is -2.20. The molecule has 4 nitrogen and oxygen atoms in total. The molecule has 126 valence electrons. The lowest BCUT2D eigenvalue weighted by Crippen LogP contribution is -2.12. The van der Waals surface area contributed by atoms with Crippen molar-refractivity contribution < 1.29 is 5.11 Å². The molecule has 0 aliphatic rings. The number of hydrogen-bond acceptors (Lipinski definition) is 3. The molecule has 2 N–H and O–H groups in total. The highest BCUT2D eigenvalue weighted by Gasteiger charge is 2.16. The van der Waals surface area contributed by atoms with Crippen molar-refractivity contribution in [1.29, 1.82) is 0 Å². The molecule has 0 saturated carbocycles. The average molecular weight is 344 g/mol. The summed E-state index contributed by atoms with van der Waals surface area (Å²) < 4.78 is 2.21. The Morgan fingerprint density at radius 1 is 1.25 bits per heavy atom. The summed E-state index contributed by atoms with van der Waals surface area (Å²) in [6, 6.07) is 13.1. The van der Waals surface area contributed by atoms with E-state index in [2.05, 4.69) is 22.9 Å². The van der Waals surface area contributed by atoms with Gasteiger partial charge in [-0.05, 0) is 43.7 Å². The van der Waals surface area contributed by atoms with Crippen molar-refractivity contribution in [2.24, 2.45) is 0 Å². The van der Waals surface area contributed by atoms with Crippen LogP contribution in [0.3, 0.4) is 0 Å². The fraction of sp³-hybridized carbons (Fsp3) is 0.316. The molecule has 1 heterocycles. The quantitative estimate of drug-likeness (QED) is 0.632. The van der Waals surface area contributed by atoms with Gasteiger partial charge in [-0.15, -0.1) is 0 Å². The molecular weight excluding hydrogens is 322 g/mol. The van der Waals surface area contributed by atoms with Gasteiger partial charge in [-0.25, -0.2) is 4.98 Å². The van der Waals surface area contributed by atoms with E-state index in [0.717, 1.165) is 41.9 Å². The number of rotatable bonds is 6. The minimum Gasteiger partial charge on any atom is -0.508 e. The second kappa shape index (κ2) is 7.14. The third-order valence-corrected chi connectivity index (χ3v) is 4.43. The average Bonchev–Trinajstić information content (AvgIpc) is 2.92. The highest BCUT2D eigenvalue weighted by Crippen LogP contribution is 2.30. The monoisotopic (exact) mass is 343 g/mol. The standard InChI is InChI=1S/C19H22ClN3O/c1-3-4-11-23-17-8-6-5-7-16(17)22-19(23)21-13(2)15-12-14(20)9-10-18(15)24/h5-10,12-13,24H,3-4,11H2,1-2H3,(H,21,22). The van der Waals surface area contributed by atoms with Crippen LogP contribution < -0.4 is 5.32 Å². The molecule has 1 unspecified atom stereocenters. The van der Waals surface area contributed by atoms with Crippen molar-refractivity contribution in [3.05, 3.63) is 53.1 Å². The summed E-state index contributed by atoms with van der Waals surface area (Å²) in [6.07, 6.45) is 2.21. The molecular formula is C19H22ClN3O. The van der Waals surface area contributed by atoms with Crippen LogP contribution in [-0.2, 0) is 6.54 Å². The summed E-state index contributed by atoms with van der Waals surface area (Å²) in [5, 5.41) is 14.1. The van der Waals surface area contributed by atoms with Gasteiger partial charge in [0.1, 0.15) is 5.75 Å². The normalized spacial score (nSPS) is 12.5. The summed E-state index contributed by atoms with van der Waals surface area (Å²) in [6.45, 7) is 5.08. The van der Waals surface area contributed by atoms with E-state index in [9.17, 15) is 5.11 Å². The largest absolute Gasteiger partial charge is 0.508 e. The summed E-state index contributed by atoms with van der Waals surface area (Å²) in [5.41, 5.74) is 2.85. The number of aryl methyl sites for hydroxylation is 1. The number of hydrogen-bond donors (Lipinski definition) is 2. The number of benzene rings is 2. The van der Waals surface area contributed by atoms with Gasteiger partial charge in [0.25, 0.3) is 0 Å². The van der Waals surface area contributed by atoms with Gasteiger partial charge in [-0.2, -0.15) is 0 Å². The van der Waals surface area contributed by atoms with E-state index >= 15 is 0 Å².